The predicted octanol–water partition coefficient (Wildman–Crippen LogP) is 0.730. The van der Waals surface area contributed by atoms with Crippen molar-refractivity contribution in [2.75, 3.05) is 6.61 Å². The molecular formula is C16H21NO6. The lowest BCUT2D eigenvalue weighted by molar-refractivity contribution is -0.165. The van der Waals surface area contributed by atoms with E-state index in [-0.39, 0.29) is 26.1 Å². The maximum atomic E-state index is 11.8. The number of carbonyl (C=O) groups excluding carboxylic acids is 2. The first-order valence-corrected chi connectivity index (χ1v) is 7.49. The quantitative estimate of drug-likeness (QED) is 0.690. The molecule has 0 heterocycles. The third-order valence-electron chi connectivity index (χ3n) is 3.74. The summed E-state index contributed by atoms with van der Waals surface area (Å²) in [5, 5.41) is 22.6. The molecule has 2 unspecified atom stereocenters. The molecule has 0 spiro atoms. The van der Waals surface area contributed by atoms with Crippen molar-refractivity contribution < 1.29 is 29.3 Å². The van der Waals surface area contributed by atoms with Gasteiger partial charge in [-0.3, -0.25) is 0 Å². The Morgan fingerprint density at radius 2 is 1.96 bits per heavy atom. The fourth-order valence-corrected chi connectivity index (χ4v) is 2.57. The highest BCUT2D eigenvalue weighted by Crippen LogP contribution is 2.31. The Balaban J connectivity index is 1.85. The van der Waals surface area contributed by atoms with E-state index in [1.165, 1.54) is 0 Å². The fourth-order valence-electron chi connectivity index (χ4n) is 2.57. The summed E-state index contributed by atoms with van der Waals surface area (Å²) in [4.78, 5) is 23.5. The number of hydrogen-bond donors (Lipinski definition) is 3. The Kier molecular flexibility index (Phi) is 5.57. The van der Waals surface area contributed by atoms with Crippen LogP contribution in [0.4, 0.5) is 4.79 Å². The zero-order valence-electron chi connectivity index (χ0n) is 12.9. The number of carbonyl (C=O) groups is 2. The summed E-state index contributed by atoms with van der Waals surface area (Å²) in [5.41, 5.74) is -0.954. The highest BCUT2D eigenvalue weighted by Gasteiger charge is 2.50. The van der Waals surface area contributed by atoms with Gasteiger partial charge in [0.25, 0.3) is 0 Å². The van der Waals surface area contributed by atoms with Crippen molar-refractivity contribution in [1.29, 1.82) is 0 Å². The summed E-state index contributed by atoms with van der Waals surface area (Å²) >= 11 is 0. The molecule has 1 aliphatic rings. The lowest BCUT2D eigenvalue weighted by Gasteiger charge is -2.20. The molecule has 0 bridgehead atoms. The molecule has 1 aliphatic carbocycles. The molecule has 3 atom stereocenters. The van der Waals surface area contributed by atoms with Gasteiger partial charge in [-0.15, -0.1) is 0 Å². The SMILES string of the molecule is CCOC(=O)[C@]1(O)CC(O)C(NC(=O)OCc2ccccc2)C1. The molecule has 0 aromatic heterocycles. The highest BCUT2D eigenvalue weighted by atomic mass is 16.6. The first kappa shape index (κ1) is 17.2. The van der Waals surface area contributed by atoms with Crippen LogP contribution in [0.3, 0.4) is 0 Å². The first-order chi connectivity index (χ1) is 10.9. The summed E-state index contributed by atoms with van der Waals surface area (Å²) in [7, 11) is 0. The monoisotopic (exact) mass is 323 g/mol. The number of aliphatic hydroxyl groups is 2. The molecule has 0 aliphatic heterocycles. The molecule has 0 radical (unpaired) electrons. The van der Waals surface area contributed by atoms with Crippen molar-refractivity contribution in [3.63, 3.8) is 0 Å². The van der Waals surface area contributed by atoms with Gasteiger partial charge in [0.05, 0.1) is 18.8 Å². The zero-order valence-corrected chi connectivity index (χ0v) is 12.9. The van der Waals surface area contributed by atoms with Crippen LogP contribution in [-0.2, 0) is 20.9 Å². The maximum Gasteiger partial charge on any atom is 0.407 e. The number of aliphatic hydroxyl groups excluding tert-OH is 1. The maximum absolute atomic E-state index is 11.8. The van der Waals surface area contributed by atoms with Crippen molar-refractivity contribution in [3.8, 4) is 0 Å². The summed E-state index contributed by atoms with van der Waals surface area (Å²) in [6.07, 6.45) is -2.07. The number of hydrogen-bond acceptors (Lipinski definition) is 6. The van der Waals surface area contributed by atoms with Crippen molar-refractivity contribution in [2.45, 2.75) is 44.1 Å². The van der Waals surface area contributed by atoms with E-state index >= 15 is 0 Å². The predicted molar refractivity (Wildman–Crippen MR) is 80.4 cm³/mol. The van der Waals surface area contributed by atoms with Crippen LogP contribution in [0.15, 0.2) is 30.3 Å². The van der Waals surface area contributed by atoms with Crippen LogP contribution in [0.1, 0.15) is 25.3 Å². The second kappa shape index (κ2) is 7.43. The summed E-state index contributed by atoms with van der Waals surface area (Å²) in [6.45, 7) is 1.86. The second-order valence-electron chi connectivity index (χ2n) is 5.54. The van der Waals surface area contributed by atoms with Gasteiger partial charge in [-0.25, -0.2) is 9.59 Å². The number of nitrogens with one attached hydrogen (secondary N) is 1. The van der Waals surface area contributed by atoms with Crippen molar-refractivity contribution in [1.82, 2.24) is 5.32 Å². The minimum atomic E-state index is -1.78. The number of esters is 1. The molecule has 126 valence electrons. The van der Waals surface area contributed by atoms with Gasteiger partial charge in [0.15, 0.2) is 5.60 Å². The van der Waals surface area contributed by atoms with Gasteiger partial charge in [0.1, 0.15) is 6.61 Å². The lowest BCUT2D eigenvalue weighted by Crippen LogP contribution is -2.42. The van der Waals surface area contributed by atoms with Gasteiger partial charge in [-0.1, -0.05) is 30.3 Å². The standard InChI is InChI=1S/C16H21NO6/c1-2-22-14(19)16(21)8-12(13(18)9-16)17-15(20)23-10-11-6-4-3-5-7-11/h3-7,12-13,18,21H,2,8-10H2,1H3,(H,17,20)/t12?,13?,16-/m1/s1. The summed E-state index contributed by atoms with van der Waals surface area (Å²) in [6, 6.07) is 8.38. The molecule has 1 fully saturated rings. The average Bonchev–Trinajstić information content (AvgIpc) is 2.82. The summed E-state index contributed by atoms with van der Waals surface area (Å²) in [5.74, 6) is -0.791. The minimum absolute atomic E-state index is 0.0949. The fraction of sp³-hybridized carbons (Fsp3) is 0.500. The smallest absolute Gasteiger partial charge is 0.407 e. The number of benzene rings is 1. The van der Waals surface area contributed by atoms with Gasteiger partial charge >= 0.3 is 12.1 Å². The molecule has 2 rings (SSSR count). The van der Waals surface area contributed by atoms with E-state index in [4.69, 9.17) is 9.47 Å². The van der Waals surface area contributed by atoms with Crippen molar-refractivity contribution in [3.05, 3.63) is 35.9 Å². The number of ether oxygens (including phenoxy) is 2. The van der Waals surface area contributed by atoms with Crippen LogP contribution in [-0.4, -0.2) is 46.6 Å². The topological polar surface area (TPSA) is 105 Å². The van der Waals surface area contributed by atoms with Crippen molar-refractivity contribution in [2.24, 2.45) is 0 Å². The van der Waals surface area contributed by atoms with Crippen LogP contribution in [0.2, 0.25) is 0 Å². The molecule has 1 aromatic rings. The molecule has 23 heavy (non-hydrogen) atoms. The zero-order chi connectivity index (χ0) is 16.9. The van der Waals surface area contributed by atoms with Crippen LogP contribution >= 0.6 is 0 Å². The van der Waals surface area contributed by atoms with Crippen LogP contribution in [0.5, 0.6) is 0 Å². The molecule has 7 heteroatoms. The van der Waals surface area contributed by atoms with E-state index in [1.807, 2.05) is 30.3 Å². The van der Waals surface area contributed by atoms with E-state index in [0.717, 1.165) is 5.56 Å². The first-order valence-electron chi connectivity index (χ1n) is 7.49. The molecule has 1 saturated carbocycles. The summed E-state index contributed by atoms with van der Waals surface area (Å²) < 4.78 is 9.85. The Hall–Kier alpha value is -2.12. The largest absolute Gasteiger partial charge is 0.464 e. The third-order valence-corrected chi connectivity index (χ3v) is 3.74. The van der Waals surface area contributed by atoms with Gasteiger partial charge in [-0.2, -0.15) is 0 Å². The van der Waals surface area contributed by atoms with Crippen LogP contribution in [0.25, 0.3) is 0 Å². The van der Waals surface area contributed by atoms with Crippen molar-refractivity contribution >= 4 is 12.1 Å². The third kappa shape index (κ3) is 4.43. The van der Waals surface area contributed by atoms with E-state index in [1.54, 1.807) is 6.92 Å². The van der Waals surface area contributed by atoms with Gasteiger partial charge < -0.3 is 25.0 Å². The Morgan fingerprint density at radius 3 is 2.61 bits per heavy atom. The van der Waals surface area contributed by atoms with Gasteiger partial charge in [0.2, 0.25) is 0 Å². The highest BCUT2D eigenvalue weighted by molar-refractivity contribution is 5.80. The second-order valence-corrected chi connectivity index (χ2v) is 5.54. The number of alkyl carbamates (subject to hydrolysis) is 1. The van der Waals surface area contributed by atoms with Gasteiger partial charge in [-0.05, 0) is 12.5 Å². The molecule has 0 saturated heterocycles. The molecule has 1 aromatic carbocycles. The molecule has 7 nitrogen and oxygen atoms in total. The Bertz CT molecular complexity index is 549. The normalized spacial score (nSPS) is 26.6. The molecule has 1 amide bonds. The molecular weight excluding hydrogens is 302 g/mol. The minimum Gasteiger partial charge on any atom is -0.464 e. The van der Waals surface area contributed by atoms with E-state index in [0.29, 0.717) is 0 Å². The van der Waals surface area contributed by atoms with Gasteiger partial charge in [0, 0.05) is 12.8 Å². The van der Waals surface area contributed by atoms with Crippen LogP contribution < -0.4 is 5.32 Å². The number of rotatable bonds is 5. The Labute approximate surface area is 134 Å². The van der Waals surface area contributed by atoms with E-state index < -0.39 is 29.8 Å². The number of amides is 1. The van der Waals surface area contributed by atoms with E-state index in [2.05, 4.69) is 5.32 Å². The van der Waals surface area contributed by atoms with E-state index in [9.17, 15) is 19.8 Å². The Morgan fingerprint density at radius 1 is 1.26 bits per heavy atom. The molecule has 3 N–H and O–H groups in total. The average molecular weight is 323 g/mol. The van der Waals surface area contributed by atoms with Crippen LogP contribution in [0, 0.1) is 0 Å². The lowest BCUT2D eigenvalue weighted by atomic mass is 10.0.